The van der Waals surface area contributed by atoms with Gasteiger partial charge in [-0.05, 0) is 43.8 Å². The Balaban J connectivity index is 1.51. The molecule has 5 heteroatoms. The van der Waals surface area contributed by atoms with E-state index in [0.717, 1.165) is 31.6 Å². The Hall–Kier alpha value is -1.88. The maximum absolute atomic E-state index is 11.8. The predicted molar refractivity (Wildman–Crippen MR) is 91.0 cm³/mol. The molecule has 0 aromatic heterocycles. The molecule has 1 aromatic rings. The van der Waals surface area contributed by atoms with Crippen molar-refractivity contribution in [1.82, 2.24) is 16.0 Å². The van der Waals surface area contributed by atoms with Gasteiger partial charge in [-0.25, -0.2) is 0 Å². The van der Waals surface area contributed by atoms with Crippen LogP contribution in [0.2, 0.25) is 0 Å². The van der Waals surface area contributed by atoms with Crippen molar-refractivity contribution >= 4 is 11.8 Å². The second-order valence-electron chi connectivity index (χ2n) is 6.11. The van der Waals surface area contributed by atoms with Crippen molar-refractivity contribution in [3.8, 4) is 0 Å². The van der Waals surface area contributed by atoms with Crippen LogP contribution in [0.1, 0.15) is 31.2 Å². The van der Waals surface area contributed by atoms with Crippen LogP contribution in [-0.4, -0.2) is 38.0 Å². The van der Waals surface area contributed by atoms with Crippen molar-refractivity contribution < 1.29 is 9.59 Å². The van der Waals surface area contributed by atoms with Gasteiger partial charge >= 0.3 is 0 Å². The Labute approximate surface area is 138 Å². The second-order valence-corrected chi connectivity index (χ2v) is 6.11. The standard InChI is InChI=1S/C18H27N3O2/c22-17(20-11-8-16-7-4-10-19-14-16)9-12-21-18(23)13-15-5-2-1-3-6-15/h1-3,5-6,16,19H,4,7-14H2,(H,20,22)(H,21,23). The lowest BCUT2D eigenvalue weighted by atomic mass is 9.96. The van der Waals surface area contributed by atoms with Crippen molar-refractivity contribution in [3.63, 3.8) is 0 Å². The largest absolute Gasteiger partial charge is 0.356 e. The lowest BCUT2D eigenvalue weighted by Crippen LogP contribution is -2.34. The van der Waals surface area contributed by atoms with Gasteiger partial charge in [0, 0.05) is 19.5 Å². The molecule has 5 nitrogen and oxygen atoms in total. The molecule has 1 aliphatic rings. The SMILES string of the molecule is O=C(CCNC(=O)Cc1ccccc1)NCCC1CCCNC1. The third-order valence-corrected chi connectivity index (χ3v) is 4.16. The molecule has 2 amide bonds. The number of hydrogen-bond acceptors (Lipinski definition) is 3. The van der Waals surface area contributed by atoms with E-state index >= 15 is 0 Å². The first-order valence-corrected chi connectivity index (χ1v) is 8.52. The molecule has 1 atom stereocenters. The molecule has 0 saturated carbocycles. The summed E-state index contributed by atoms with van der Waals surface area (Å²) in [5, 5.41) is 9.11. The maximum atomic E-state index is 11.8. The molecule has 1 aliphatic heterocycles. The van der Waals surface area contributed by atoms with E-state index in [4.69, 9.17) is 0 Å². The Morgan fingerprint density at radius 1 is 1.09 bits per heavy atom. The predicted octanol–water partition coefficient (Wildman–Crippen LogP) is 1.24. The number of nitrogens with one attached hydrogen (secondary N) is 3. The van der Waals surface area contributed by atoms with Crippen molar-refractivity contribution in [2.24, 2.45) is 5.92 Å². The van der Waals surface area contributed by atoms with Crippen LogP contribution in [0.4, 0.5) is 0 Å². The Morgan fingerprint density at radius 3 is 2.61 bits per heavy atom. The fourth-order valence-corrected chi connectivity index (χ4v) is 2.83. The molecule has 1 heterocycles. The summed E-state index contributed by atoms with van der Waals surface area (Å²) >= 11 is 0. The molecule has 0 bridgehead atoms. The van der Waals surface area contributed by atoms with Gasteiger partial charge in [0.15, 0.2) is 0 Å². The van der Waals surface area contributed by atoms with E-state index in [1.165, 1.54) is 12.8 Å². The monoisotopic (exact) mass is 317 g/mol. The molecule has 1 unspecified atom stereocenters. The van der Waals surface area contributed by atoms with Gasteiger partial charge in [-0.1, -0.05) is 30.3 Å². The summed E-state index contributed by atoms with van der Waals surface area (Å²) in [4.78, 5) is 23.5. The smallest absolute Gasteiger partial charge is 0.224 e. The van der Waals surface area contributed by atoms with E-state index in [9.17, 15) is 9.59 Å². The lowest BCUT2D eigenvalue weighted by molar-refractivity contribution is -0.122. The number of carbonyl (C=O) groups is 2. The summed E-state index contributed by atoms with van der Waals surface area (Å²) in [6.45, 7) is 3.29. The average molecular weight is 317 g/mol. The van der Waals surface area contributed by atoms with E-state index in [2.05, 4.69) is 16.0 Å². The highest BCUT2D eigenvalue weighted by Crippen LogP contribution is 2.12. The van der Waals surface area contributed by atoms with Crippen LogP contribution in [0, 0.1) is 5.92 Å². The zero-order chi connectivity index (χ0) is 16.3. The third kappa shape index (κ3) is 7.28. The van der Waals surface area contributed by atoms with Crippen LogP contribution in [0.15, 0.2) is 30.3 Å². The maximum Gasteiger partial charge on any atom is 0.224 e. The van der Waals surface area contributed by atoms with Gasteiger partial charge in [0.25, 0.3) is 0 Å². The zero-order valence-corrected chi connectivity index (χ0v) is 13.6. The summed E-state index contributed by atoms with van der Waals surface area (Å²) in [5.41, 5.74) is 0.982. The van der Waals surface area contributed by atoms with Crippen molar-refractivity contribution in [1.29, 1.82) is 0 Å². The van der Waals surface area contributed by atoms with E-state index in [1.807, 2.05) is 30.3 Å². The summed E-state index contributed by atoms with van der Waals surface area (Å²) in [6.07, 6.45) is 4.20. The van der Waals surface area contributed by atoms with E-state index in [-0.39, 0.29) is 11.8 Å². The van der Waals surface area contributed by atoms with Crippen LogP contribution in [0.5, 0.6) is 0 Å². The number of piperidine rings is 1. The van der Waals surface area contributed by atoms with E-state index in [1.54, 1.807) is 0 Å². The summed E-state index contributed by atoms with van der Waals surface area (Å²) in [5.74, 6) is 0.640. The molecular formula is C18H27N3O2. The van der Waals surface area contributed by atoms with Crippen molar-refractivity contribution in [2.75, 3.05) is 26.2 Å². The van der Waals surface area contributed by atoms with E-state index in [0.29, 0.717) is 25.3 Å². The number of rotatable bonds is 8. The molecule has 1 aromatic carbocycles. The number of amides is 2. The third-order valence-electron chi connectivity index (χ3n) is 4.16. The average Bonchev–Trinajstić information content (AvgIpc) is 2.57. The molecule has 126 valence electrons. The quantitative estimate of drug-likeness (QED) is 0.676. The van der Waals surface area contributed by atoms with Gasteiger partial charge in [-0.3, -0.25) is 9.59 Å². The first-order chi connectivity index (χ1) is 11.2. The fourth-order valence-electron chi connectivity index (χ4n) is 2.83. The molecule has 0 spiro atoms. The van der Waals surface area contributed by atoms with Crippen LogP contribution in [0.25, 0.3) is 0 Å². The minimum atomic E-state index is -0.0442. The molecule has 0 radical (unpaired) electrons. The highest BCUT2D eigenvalue weighted by atomic mass is 16.2. The molecule has 1 saturated heterocycles. The number of benzene rings is 1. The Kier molecular flexibility index (Phi) is 7.60. The molecule has 0 aliphatic carbocycles. The van der Waals surface area contributed by atoms with Gasteiger partial charge in [0.1, 0.15) is 0 Å². The highest BCUT2D eigenvalue weighted by Gasteiger charge is 2.12. The summed E-state index contributed by atoms with van der Waals surface area (Å²) in [7, 11) is 0. The molecule has 1 fully saturated rings. The van der Waals surface area contributed by atoms with Crippen LogP contribution >= 0.6 is 0 Å². The van der Waals surface area contributed by atoms with Gasteiger partial charge in [0.2, 0.25) is 11.8 Å². The summed E-state index contributed by atoms with van der Waals surface area (Å²) in [6, 6.07) is 9.60. The first-order valence-electron chi connectivity index (χ1n) is 8.52. The highest BCUT2D eigenvalue weighted by molar-refractivity contribution is 5.80. The normalized spacial score (nSPS) is 17.5. The van der Waals surface area contributed by atoms with Crippen LogP contribution in [-0.2, 0) is 16.0 Å². The Morgan fingerprint density at radius 2 is 1.87 bits per heavy atom. The van der Waals surface area contributed by atoms with E-state index < -0.39 is 0 Å². The fraction of sp³-hybridized carbons (Fsp3) is 0.556. The van der Waals surface area contributed by atoms with Crippen molar-refractivity contribution in [2.45, 2.75) is 32.1 Å². The molecule has 23 heavy (non-hydrogen) atoms. The van der Waals surface area contributed by atoms with Gasteiger partial charge in [-0.15, -0.1) is 0 Å². The van der Waals surface area contributed by atoms with Gasteiger partial charge in [-0.2, -0.15) is 0 Å². The van der Waals surface area contributed by atoms with Crippen LogP contribution in [0.3, 0.4) is 0 Å². The molecular weight excluding hydrogens is 290 g/mol. The van der Waals surface area contributed by atoms with Gasteiger partial charge in [0.05, 0.1) is 6.42 Å². The van der Waals surface area contributed by atoms with Crippen LogP contribution < -0.4 is 16.0 Å². The minimum Gasteiger partial charge on any atom is -0.356 e. The lowest BCUT2D eigenvalue weighted by Gasteiger charge is -2.22. The van der Waals surface area contributed by atoms with Gasteiger partial charge < -0.3 is 16.0 Å². The van der Waals surface area contributed by atoms with Crippen molar-refractivity contribution in [3.05, 3.63) is 35.9 Å². The Bertz CT molecular complexity index is 484. The number of carbonyl (C=O) groups excluding carboxylic acids is 2. The topological polar surface area (TPSA) is 70.2 Å². The molecule has 3 N–H and O–H groups in total. The first kappa shape index (κ1) is 17.5. The number of hydrogen-bond donors (Lipinski definition) is 3. The molecule has 2 rings (SSSR count). The second kappa shape index (κ2) is 10.0. The zero-order valence-electron chi connectivity index (χ0n) is 13.6. The summed E-state index contributed by atoms with van der Waals surface area (Å²) < 4.78 is 0. The minimum absolute atomic E-state index is 0.00813.